The van der Waals surface area contributed by atoms with Crippen molar-refractivity contribution in [2.75, 3.05) is 31.6 Å². The largest absolute Gasteiger partial charge is 0.483 e. The minimum absolute atomic E-state index is 0.0257. The van der Waals surface area contributed by atoms with Crippen LogP contribution in [0.25, 0.3) is 0 Å². The van der Waals surface area contributed by atoms with Gasteiger partial charge in [-0.3, -0.25) is 14.3 Å². The van der Waals surface area contributed by atoms with Crippen LogP contribution in [0.2, 0.25) is 0 Å². The van der Waals surface area contributed by atoms with Gasteiger partial charge in [-0.05, 0) is 31.2 Å². The molecular weight excluding hydrogens is 438 g/mol. The average molecular weight is 460 g/mol. The van der Waals surface area contributed by atoms with Crippen molar-refractivity contribution < 1.29 is 32.3 Å². The maximum atomic E-state index is 13.7. The Kier molecular flexibility index (Phi) is 6.68. The number of rotatable bonds is 7. The molecule has 0 saturated carbocycles. The van der Waals surface area contributed by atoms with Gasteiger partial charge in [-0.1, -0.05) is 0 Å². The SMILES string of the molecule is CCn1ncc(NC(=O)c2ccc(COc3ccc(F)cc3F)o2)c1C(=O)N1CCOCC1. The lowest BCUT2D eigenvalue weighted by molar-refractivity contribution is 0.0295. The number of halogens is 2. The first-order valence-electron chi connectivity index (χ1n) is 10.4. The standard InChI is InChI=1S/C22H22F2N4O5/c1-2-28-20(22(30)27-7-9-31-10-8-27)17(12-25-28)26-21(29)19-6-4-15(33-19)13-32-18-5-3-14(23)11-16(18)24/h3-6,11-12H,2,7-10,13H2,1H3,(H,26,29). The second-order valence-corrected chi connectivity index (χ2v) is 7.21. The minimum Gasteiger partial charge on any atom is -0.483 e. The van der Waals surface area contributed by atoms with Crippen LogP contribution in [0.5, 0.6) is 5.75 Å². The molecule has 0 aliphatic carbocycles. The van der Waals surface area contributed by atoms with Crippen molar-refractivity contribution in [3.05, 3.63) is 65.4 Å². The highest BCUT2D eigenvalue weighted by Crippen LogP contribution is 2.22. The Morgan fingerprint density at radius 3 is 2.70 bits per heavy atom. The summed E-state index contributed by atoms with van der Waals surface area (Å²) >= 11 is 0. The molecule has 0 bridgehead atoms. The van der Waals surface area contributed by atoms with Crippen molar-refractivity contribution in [2.24, 2.45) is 0 Å². The lowest BCUT2D eigenvalue weighted by Gasteiger charge is -2.27. The number of nitrogens with zero attached hydrogens (tertiary/aromatic N) is 3. The zero-order chi connectivity index (χ0) is 23.4. The zero-order valence-electron chi connectivity index (χ0n) is 17.8. The third kappa shape index (κ3) is 5.03. The third-order valence-electron chi connectivity index (χ3n) is 5.04. The first kappa shape index (κ1) is 22.5. The molecular formula is C22H22F2N4O5. The Labute approximate surface area is 187 Å². The van der Waals surface area contributed by atoms with Crippen molar-refractivity contribution in [3.63, 3.8) is 0 Å². The number of morpholine rings is 1. The van der Waals surface area contributed by atoms with Gasteiger partial charge in [0.2, 0.25) is 0 Å². The molecule has 0 spiro atoms. The topological polar surface area (TPSA) is 98.8 Å². The number of carbonyl (C=O) groups is 2. The Morgan fingerprint density at radius 2 is 1.97 bits per heavy atom. The first-order chi connectivity index (χ1) is 16.0. The van der Waals surface area contributed by atoms with Gasteiger partial charge in [0.25, 0.3) is 11.8 Å². The summed E-state index contributed by atoms with van der Waals surface area (Å²) in [6.45, 7) is 3.94. The number of ether oxygens (including phenoxy) is 2. The number of amides is 2. The number of nitrogens with one attached hydrogen (secondary N) is 1. The molecule has 1 N–H and O–H groups in total. The molecule has 1 aromatic carbocycles. The lowest BCUT2D eigenvalue weighted by Crippen LogP contribution is -2.41. The van der Waals surface area contributed by atoms with E-state index < -0.39 is 17.5 Å². The third-order valence-corrected chi connectivity index (χ3v) is 5.04. The maximum Gasteiger partial charge on any atom is 0.291 e. The second kappa shape index (κ2) is 9.82. The number of carbonyl (C=O) groups excluding carboxylic acids is 2. The van der Waals surface area contributed by atoms with Gasteiger partial charge in [0, 0.05) is 25.7 Å². The van der Waals surface area contributed by atoms with Crippen LogP contribution in [0.4, 0.5) is 14.5 Å². The molecule has 3 heterocycles. The fourth-order valence-electron chi connectivity index (χ4n) is 3.36. The molecule has 2 aromatic heterocycles. The van der Waals surface area contributed by atoms with E-state index in [1.165, 1.54) is 29.1 Å². The van der Waals surface area contributed by atoms with E-state index in [1.54, 1.807) is 4.90 Å². The van der Waals surface area contributed by atoms with Gasteiger partial charge in [-0.15, -0.1) is 0 Å². The van der Waals surface area contributed by atoms with Crippen molar-refractivity contribution in [2.45, 2.75) is 20.1 Å². The lowest BCUT2D eigenvalue weighted by atomic mass is 10.2. The summed E-state index contributed by atoms with van der Waals surface area (Å²) in [7, 11) is 0. The predicted octanol–water partition coefficient (Wildman–Crippen LogP) is 3.08. The second-order valence-electron chi connectivity index (χ2n) is 7.21. The maximum absolute atomic E-state index is 13.7. The van der Waals surface area contributed by atoms with E-state index in [-0.39, 0.29) is 41.2 Å². The monoisotopic (exact) mass is 460 g/mol. The Bertz CT molecular complexity index is 1150. The van der Waals surface area contributed by atoms with E-state index in [4.69, 9.17) is 13.9 Å². The fourth-order valence-corrected chi connectivity index (χ4v) is 3.36. The van der Waals surface area contributed by atoms with Gasteiger partial charge in [0.05, 0.1) is 25.1 Å². The number of aromatic nitrogens is 2. The van der Waals surface area contributed by atoms with E-state index >= 15 is 0 Å². The number of aryl methyl sites for hydroxylation is 1. The van der Waals surface area contributed by atoms with E-state index in [2.05, 4.69) is 10.4 Å². The van der Waals surface area contributed by atoms with E-state index in [9.17, 15) is 18.4 Å². The summed E-state index contributed by atoms with van der Waals surface area (Å²) in [5.74, 6) is -2.29. The number of anilines is 1. The van der Waals surface area contributed by atoms with Crippen LogP contribution in [-0.4, -0.2) is 52.8 Å². The minimum atomic E-state index is -0.843. The van der Waals surface area contributed by atoms with Crippen LogP contribution < -0.4 is 10.1 Å². The molecule has 2 amide bonds. The Hall–Kier alpha value is -3.73. The number of furan rings is 1. The highest BCUT2D eigenvalue weighted by molar-refractivity contribution is 6.07. The summed E-state index contributed by atoms with van der Waals surface area (Å²) in [5, 5.41) is 6.86. The summed E-state index contributed by atoms with van der Waals surface area (Å²) < 4.78 is 44.3. The summed E-state index contributed by atoms with van der Waals surface area (Å²) in [6.07, 6.45) is 1.42. The first-order valence-corrected chi connectivity index (χ1v) is 10.4. The predicted molar refractivity (Wildman–Crippen MR) is 112 cm³/mol. The molecule has 174 valence electrons. The number of hydrogen-bond donors (Lipinski definition) is 1. The molecule has 3 aromatic rings. The number of benzene rings is 1. The summed E-state index contributed by atoms with van der Waals surface area (Å²) in [5.41, 5.74) is 0.538. The molecule has 1 aliphatic rings. The molecule has 33 heavy (non-hydrogen) atoms. The molecule has 0 atom stereocenters. The molecule has 1 aliphatic heterocycles. The van der Waals surface area contributed by atoms with Crippen LogP contribution in [0.3, 0.4) is 0 Å². The van der Waals surface area contributed by atoms with Crippen LogP contribution in [0.15, 0.2) is 40.9 Å². The van der Waals surface area contributed by atoms with Crippen LogP contribution in [0, 0.1) is 11.6 Å². The van der Waals surface area contributed by atoms with Crippen molar-refractivity contribution in [1.82, 2.24) is 14.7 Å². The molecule has 0 radical (unpaired) electrons. The van der Waals surface area contributed by atoms with Crippen molar-refractivity contribution in [3.8, 4) is 5.75 Å². The van der Waals surface area contributed by atoms with E-state index in [1.807, 2.05) is 6.92 Å². The van der Waals surface area contributed by atoms with Gasteiger partial charge in [-0.25, -0.2) is 8.78 Å². The highest BCUT2D eigenvalue weighted by atomic mass is 19.1. The zero-order valence-corrected chi connectivity index (χ0v) is 17.8. The van der Waals surface area contributed by atoms with Crippen LogP contribution >= 0.6 is 0 Å². The quantitative estimate of drug-likeness (QED) is 0.582. The molecule has 11 heteroatoms. The molecule has 1 saturated heterocycles. The van der Waals surface area contributed by atoms with E-state index in [0.717, 1.165) is 6.07 Å². The molecule has 1 fully saturated rings. The van der Waals surface area contributed by atoms with Crippen LogP contribution in [0.1, 0.15) is 33.7 Å². The van der Waals surface area contributed by atoms with Gasteiger partial charge in [0.1, 0.15) is 23.9 Å². The smallest absolute Gasteiger partial charge is 0.291 e. The summed E-state index contributed by atoms with van der Waals surface area (Å²) in [4.78, 5) is 27.4. The Morgan fingerprint density at radius 1 is 1.18 bits per heavy atom. The fraction of sp³-hybridized carbons (Fsp3) is 0.318. The van der Waals surface area contributed by atoms with E-state index in [0.29, 0.717) is 38.9 Å². The van der Waals surface area contributed by atoms with Crippen molar-refractivity contribution in [1.29, 1.82) is 0 Å². The molecule has 0 unspecified atom stereocenters. The van der Waals surface area contributed by atoms with Gasteiger partial charge in [0.15, 0.2) is 17.3 Å². The van der Waals surface area contributed by atoms with Gasteiger partial charge < -0.3 is 24.1 Å². The molecule has 9 nitrogen and oxygen atoms in total. The normalized spacial score (nSPS) is 13.7. The Balaban J connectivity index is 1.44. The number of hydrogen-bond acceptors (Lipinski definition) is 6. The summed E-state index contributed by atoms with van der Waals surface area (Å²) in [6, 6.07) is 5.89. The van der Waals surface area contributed by atoms with Crippen molar-refractivity contribution >= 4 is 17.5 Å². The highest BCUT2D eigenvalue weighted by Gasteiger charge is 2.26. The van der Waals surface area contributed by atoms with Gasteiger partial charge in [-0.2, -0.15) is 5.10 Å². The van der Waals surface area contributed by atoms with Crippen LogP contribution in [-0.2, 0) is 17.9 Å². The van der Waals surface area contributed by atoms with Gasteiger partial charge >= 0.3 is 0 Å². The average Bonchev–Trinajstić information content (AvgIpc) is 3.45. The molecule has 4 rings (SSSR count).